The number of nitrogens with zero attached hydrogens (tertiary/aromatic N) is 6. The molecule has 1 atom stereocenters. The zero-order valence-corrected chi connectivity index (χ0v) is 18.7. The van der Waals surface area contributed by atoms with Crippen molar-refractivity contribution >= 4 is 28.8 Å². The summed E-state index contributed by atoms with van der Waals surface area (Å²) in [6.45, 7) is 5.20. The van der Waals surface area contributed by atoms with Gasteiger partial charge in [-0.1, -0.05) is 0 Å². The second-order valence-corrected chi connectivity index (χ2v) is 8.33. The van der Waals surface area contributed by atoms with Gasteiger partial charge in [0.1, 0.15) is 0 Å². The summed E-state index contributed by atoms with van der Waals surface area (Å²) in [4.78, 5) is 26.0. The predicted octanol–water partition coefficient (Wildman–Crippen LogP) is 2.44. The van der Waals surface area contributed by atoms with Crippen LogP contribution in [-0.4, -0.2) is 60.0 Å². The maximum absolute atomic E-state index is 11.4. The number of hydrogen-bond acceptors (Lipinski definition) is 8. The predicted molar refractivity (Wildman–Crippen MR) is 123 cm³/mol. The van der Waals surface area contributed by atoms with Gasteiger partial charge in [0.2, 0.25) is 5.95 Å². The standard InChI is InChI=1S/C23H25N7O3/c1-14-7-24-23(25-18-4-5-21-20(6-18)17(12-31)8-28(21)3)26-22(14)30-10-16(15(2)27-30)9-29-11-19(32)13-33-29/h4-8,10,12,19,32H,9,11,13H2,1-3H3,(H,24,25,26). The lowest BCUT2D eigenvalue weighted by atomic mass is 10.1. The summed E-state index contributed by atoms with van der Waals surface area (Å²) in [5.74, 6) is 1.10. The molecule has 0 aliphatic carbocycles. The van der Waals surface area contributed by atoms with Gasteiger partial charge in [0.15, 0.2) is 12.1 Å². The molecule has 0 saturated carbocycles. The zero-order chi connectivity index (χ0) is 23.1. The molecule has 1 aliphatic rings. The minimum absolute atomic E-state index is 0.316. The molecular formula is C23H25N7O3. The Morgan fingerprint density at radius 2 is 2.15 bits per heavy atom. The molecule has 0 amide bonds. The number of benzene rings is 1. The van der Waals surface area contributed by atoms with Crippen LogP contribution in [0.3, 0.4) is 0 Å². The number of carbonyl (C=O) groups excluding carboxylic acids is 1. The second-order valence-electron chi connectivity index (χ2n) is 8.33. The first-order valence-corrected chi connectivity index (χ1v) is 10.7. The molecule has 1 aromatic carbocycles. The minimum atomic E-state index is -0.462. The molecule has 4 heterocycles. The maximum atomic E-state index is 11.4. The molecular weight excluding hydrogens is 422 g/mol. The Morgan fingerprint density at radius 1 is 1.30 bits per heavy atom. The first-order valence-electron chi connectivity index (χ1n) is 10.7. The van der Waals surface area contributed by atoms with Crippen LogP contribution in [0.25, 0.3) is 16.7 Å². The van der Waals surface area contributed by atoms with Gasteiger partial charge < -0.3 is 15.0 Å². The first-order chi connectivity index (χ1) is 15.9. The minimum Gasteiger partial charge on any atom is -0.389 e. The third kappa shape index (κ3) is 4.11. The Bertz CT molecular complexity index is 1340. The fraction of sp³-hybridized carbons (Fsp3) is 0.304. The van der Waals surface area contributed by atoms with Crippen molar-refractivity contribution in [1.82, 2.24) is 29.4 Å². The van der Waals surface area contributed by atoms with Crippen LogP contribution < -0.4 is 5.32 Å². The van der Waals surface area contributed by atoms with Crippen LogP contribution in [0, 0.1) is 13.8 Å². The molecule has 0 spiro atoms. The Labute approximate surface area is 190 Å². The number of anilines is 2. The highest BCUT2D eigenvalue weighted by Crippen LogP contribution is 2.25. The van der Waals surface area contributed by atoms with Crippen molar-refractivity contribution in [2.45, 2.75) is 26.5 Å². The van der Waals surface area contributed by atoms with Crippen molar-refractivity contribution in [1.29, 1.82) is 0 Å². The Morgan fingerprint density at radius 3 is 2.91 bits per heavy atom. The summed E-state index contributed by atoms with van der Waals surface area (Å²) in [6.07, 6.45) is 5.88. The van der Waals surface area contributed by atoms with Crippen LogP contribution >= 0.6 is 0 Å². The number of rotatable bonds is 6. The topological polar surface area (TPSA) is 110 Å². The summed E-state index contributed by atoms with van der Waals surface area (Å²) in [6, 6.07) is 5.81. The Hall–Kier alpha value is -3.60. The summed E-state index contributed by atoms with van der Waals surface area (Å²) in [7, 11) is 1.91. The Balaban J connectivity index is 1.41. The monoisotopic (exact) mass is 447 g/mol. The van der Waals surface area contributed by atoms with Gasteiger partial charge in [-0.25, -0.2) is 9.67 Å². The highest BCUT2D eigenvalue weighted by molar-refractivity contribution is 5.99. The second kappa shape index (κ2) is 8.39. The number of β-amino-alcohol motifs (C(OH)–C–C–N with tert-alkyl or cyclic N) is 1. The summed E-state index contributed by atoms with van der Waals surface area (Å²) >= 11 is 0. The summed E-state index contributed by atoms with van der Waals surface area (Å²) in [5, 5.41) is 20.2. The van der Waals surface area contributed by atoms with Gasteiger partial charge >= 0.3 is 0 Å². The van der Waals surface area contributed by atoms with Gasteiger partial charge in [0.25, 0.3) is 0 Å². The fourth-order valence-corrected chi connectivity index (χ4v) is 4.04. The van der Waals surface area contributed by atoms with Crippen LogP contribution in [0.4, 0.5) is 11.6 Å². The molecule has 10 nitrogen and oxygen atoms in total. The van der Waals surface area contributed by atoms with Crippen LogP contribution in [0.1, 0.15) is 27.2 Å². The molecule has 0 radical (unpaired) electrons. The van der Waals surface area contributed by atoms with Gasteiger partial charge in [-0.15, -0.1) is 0 Å². The van der Waals surface area contributed by atoms with E-state index in [2.05, 4.69) is 20.4 Å². The zero-order valence-electron chi connectivity index (χ0n) is 18.7. The van der Waals surface area contributed by atoms with E-state index in [1.165, 1.54) is 0 Å². The molecule has 5 rings (SSSR count). The molecule has 4 aromatic rings. The van der Waals surface area contributed by atoms with E-state index in [1.807, 2.05) is 56.1 Å². The smallest absolute Gasteiger partial charge is 0.229 e. The molecule has 3 aromatic heterocycles. The fourth-order valence-electron chi connectivity index (χ4n) is 4.04. The van der Waals surface area contributed by atoms with Crippen molar-refractivity contribution in [3.8, 4) is 5.82 Å². The van der Waals surface area contributed by atoms with E-state index in [-0.39, 0.29) is 0 Å². The SMILES string of the molecule is Cc1cnc(Nc2ccc3c(c2)c(C=O)cn3C)nc1-n1cc(CN2CC(O)CO2)c(C)n1. The van der Waals surface area contributed by atoms with E-state index >= 15 is 0 Å². The number of carbonyl (C=O) groups is 1. The third-order valence-electron chi connectivity index (χ3n) is 5.78. The lowest BCUT2D eigenvalue weighted by molar-refractivity contribution is -0.118. The van der Waals surface area contributed by atoms with E-state index in [0.29, 0.717) is 37.0 Å². The van der Waals surface area contributed by atoms with Crippen LogP contribution in [0.2, 0.25) is 0 Å². The quantitative estimate of drug-likeness (QED) is 0.434. The maximum Gasteiger partial charge on any atom is 0.229 e. The van der Waals surface area contributed by atoms with Crippen molar-refractivity contribution in [2.75, 3.05) is 18.5 Å². The van der Waals surface area contributed by atoms with Crippen molar-refractivity contribution < 1.29 is 14.7 Å². The molecule has 10 heteroatoms. The number of aliphatic hydroxyl groups excluding tert-OH is 1. The molecule has 2 N–H and O–H groups in total. The molecule has 1 aliphatic heterocycles. The van der Waals surface area contributed by atoms with Crippen LogP contribution in [0.15, 0.2) is 36.8 Å². The number of hydrogen-bond donors (Lipinski definition) is 2. The number of aliphatic hydroxyl groups is 1. The van der Waals surface area contributed by atoms with Gasteiger partial charge in [-0.2, -0.15) is 15.1 Å². The molecule has 1 fully saturated rings. The van der Waals surface area contributed by atoms with Crippen LogP contribution in [-0.2, 0) is 18.4 Å². The van der Waals surface area contributed by atoms with E-state index in [0.717, 1.165) is 39.7 Å². The van der Waals surface area contributed by atoms with Gasteiger partial charge in [0, 0.05) is 58.9 Å². The molecule has 1 unspecified atom stereocenters. The number of fused-ring (bicyclic) bond motifs is 1. The Kier molecular flexibility index (Phi) is 5.41. The van der Waals surface area contributed by atoms with E-state index in [9.17, 15) is 9.90 Å². The van der Waals surface area contributed by atoms with E-state index in [1.54, 1.807) is 15.9 Å². The van der Waals surface area contributed by atoms with Gasteiger partial charge in [-0.3, -0.25) is 9.63 Å². The summed E-state index contributed by atoms with van der Waals surface area (Å²) in [5.41, 5.74) is 5.13. The average Bonchev–Trinajstić information content (AvgIpc) is 3.47. The highest BCUT2D eigenvalue weighted by atomic mass is 16.7. The number of nitrogens with one attached hydrogen (secondary N) is 1. The van der Waals surface area contributed by atoms with Crippen molar-refractivity contribution in [2.24, 2.45) is 7.05 Å². The lowest BCUT2D eigenvalue weighted by Gasteiger charge is -2.12. The number of aryl methyl sites for hydroxylation is 3. The van der Waals surface area contributed by atoms with Crippen molar-refractivity contribution in [3.63, 3.8) is 0 Å². The number of aldehydes is 1. The molecule has 170 valence electrons. The number of aromatic nitrogens is 5. The molecule has 33 heavy (non-hydrogen) atoms. The first kappa shape index (κ1) is 21.3. The molecule has 1 saturated heterocycles. The summed E-state index contributed by atoms with van der Waals surface area (Å²) < 4.78 is 3.67. The molecule has 0 bridgehead atoms. The lowest BCUT2D eigenvalue weighted by Crippen LogP contribution is -2.20. The van der Waals surface area contributed by atoms with Gasteiger partial charge in [-0.05, 0) is 32.0 Å². The van der Waals surface area contributed by atoms with Crippen molar-refractivity contribution in [3.05, 3.63) is 59.2 Å². The normalized spacial score (nSPS) is 16.5. The number of hydroxylamine groups is 2. The largest absolute Gasteiger partial charge is 0.389 e. The highest BCUT2D eigenvalue weighted by Gasteiger charge is 2.23. The van der Waals surface area contributed by atoms with Gasteiger partial charge in [0.05, 0.1) is 31.5 Å². The average molecular weight is 447 g/mol. The van der Waals surface area contributed by atoms with E-state index < -0.39 is 6.10 Å². The third-order valence-corrected chi connectivity index (χ3v) is 5.78. The van der Waals surface area contributed by atoms with Crippen LogP contribution in [0.5, 0.6) is 0 Å². The van der Waals surface area contributed by atoms with E-state index in [4.69, 9.17) is 4.84 Å².